The number of ether oxygens (including phenoxy) is 3. The molecule has 1 N–H and O–H groups in total. The number of aromatic nitrogens is 3. The number of halogens is 2. The molecule has 0 amide bonds. The van der Waals surface area contributed by atoms with Crippen molar-refractivity contribution in [1.82, 2.24) is 14.8 Å². The maximum absolute atomic E-state index is 13.5. The predicted molar refractivity (Wildman–Crippen MR) is 152 cm³/mol. The third-order valence-electron chi connectivity index (χ3n) is 6.20. The van der Waals surface area contributed by atoms with Gasteiger partial charge in [-0.3, -0.25) is 0 Å². The molecule has 4 aromatic rings. The maximum atomic E-state index is 13.5. The second-order valence-electron chi connectivity index (χ2n) is 8.80. The van der Waals surface area contributed by atoms with E-state index in [0.717, 1.165) is 16.7 Å². The highest BCUT2D eigenvalue weighted by molar-refractivity contribution is 9.10. The average molecular weight is 610 g/mol. The zero-order valence-electron chi connectivity index (χ0n) is 21.4. The van der Waals surface area contributed by atoms with Crippen molar-refractivity contribution in [3.05, 3.63) is 111 Å². The molecule has 2 heterocycles. The third kappa shape index (κ3) is 5.79. The molecule has 0 fully saturated rings. The highest BCUT2D eigenvalue weighted by atomic mass is 79.9. The Balaban J connectivity index is 1.50. The predicted octanol–water partition coefficient (Wildman–Crippen LogP) is 6.70. The number of esters is 1. The van der Waals surface area contributed by atoms with Gasteiger partial charge in [0.05, 0.1) is 16.7 Å². The first-order chi connectivity index (χ1) is 19.0. The fourth-order valence-electron chi connectivity index (χ4n) is 4.38. The van der Waals surface area contributed by atoms with Crippen LogP contribution in [0.15, 0.2) is 88.8 Å². The van der Waals surface area contributed by atoms with E-state index >= 15 is 0 Å². The van der Waals surface area contributed by atoms with Gasteiger partial charge in [-0.1, -0.05) is 60.1 Å². The van der Waals surface area contributed by atoms with Crippen LogP contribution in [0.4, 0.5) is 5.95 Å². The molecule has 0 saturated heterocycles. The van der Waals surface area contributed by atoms with Crippen molar-refractivity contribution in [2.75, 3.05) is 11.9 Å². The number of anilines is 1. The Labute approximate surface area is 239 Å². The molecule has 5 rings (SSSR count). The lowest BCUT2D eigenvalue weighted by molar-refractivity contribution is -0.140. The molecule has 1 aromatic heterocycles. The van der Waals surface area contributed by atoms with Crippen LogP contribution in [0, 0.1) is 0 Å². The number of nitrogens with one attached hydrogen (secondary N) is 1. The van der Waals surface area contributed by atoms with Gasteiger partial charge in [0.2, 0.25) is 5.95 Å². The Morgan fingerprint density at radius 1 is 1.08 bits per heavy atom. The molecule has 1 aliphatic heterocycles. The van der Waals surface area contributed by atoms with E-state index in [1.54, 1.807) is 4.68 Å². The first-order valence-electron chi connectivity index (χ1n) is 12.4. The molecule has 0 saturated carbocycles. The van der Waals surface area contributed by atoms with E-state index in [9.17, 15) is 4.79 Å². The fraction of sp³-hybridized carbons (Fsp3) is 0.207. The van der Waals surface area contributed by atoms with Crippen molar-refractivity contribution in [2.24, 2.45) is 0 Å². The van der Waals surface area contributed by atoms with Gasteiger partial charge in [-0.05, 0) is 59.1 Å². The third-order valence-corrected chi connectivity index (χ3v) is 7.16. The van der Waals surface area contributed by atoms with Crippen LogP contribution in [0.3, 0.4) is 0 Å². The highest BCUT2D eigenvalue weighted by Gasteiger charge is 2.35. The lowest BCUT2D eigenvalue weighted by Gasteiger charge is -2.29. The summed E-state index contributed by atoms with van der Waals surface area (Å²) in [5, 5.41) is 8.20. The summed E-state index contributed by atoms with van der Waals surface area (Å²) in [6, 6.07) is 20.2. The van der Waals surface area contributed by atoms with E-state index < -0.39 is 12.0 Å². The molecule has 0 spiro atoms. The van der Waals surface area contributed by atoms with Gasteiger partial charge in [0.15, 0.2) is 11.5 Å². The molecule has 0 aliphatic carbocycles. The Hall–Kier alpha value is -3.82. The quantitative estimate of drug-likeness (QED) is 0.211. The fourth-order valence-corrected chi connectivity index (χ4v) is 5.14. The van der Waals surface area contributed by atoms with Crippen molar-refractivity contribution in [2.45, 2.75) is 33.1 Å². The number of benzene rings is 3. The maximum Gasteiger partial charge on any atom is 0.338 e. The van der Waals surface area contributed by atoms with E-state index in [0.29, 0.717) is 44.8 Å². The number of rotatable bonds is 9. The van der Waals surface area contributed by atoms with Crippen LogP contribution >= 0.6 is 27.5 Å². The summed E-state index contributed by atoms with van der Waals surface area (Å²) >= 11 is 9.99. The molecule has 1 atom stereocenters. The second kappa shape index (κ2) is 11.9. The SMILES string of the molecule is CCOc1cc(C2C(C(=O)OCc3ccccc3)=C(C)Nc3ncnn32)cc(Br)c1OCc1ccccc1Cl. The van der Waals surface area contributed by atoms with E-state index in [2.05, 4.69) is 31.3 Å². The lowest BCUT2D eigenvalue weighted by atomic mass is 9.95. The van der Waals surface area contributed by atoms with Crippen molar-refractivity contribution in [3.8, 4) is 11.5 Å². The summed E-state index contributed by atoms with van der Waals surface area (Å²) in [4.78, 5) is 17.8. The molecular formula is C29H26BrClN4O4. The zero-order chi connectivity index (χ0) is 27.4. The van der Waals surface area contributed by atoms with Crippen molar-refractivity contribution >= 4 is 39.4 Å². The molecule has 0 radical (unpaired) electrons. The standard InChI is InChI=1S/C29H26BrClN4O4/c1-3-37-24-14-21(13-22(30)27(24)38-16-20-11-7-8-12-23(20)31)26-25(18(2)34-29-32-17-33-35(26)29)28(36)39-15-19-9-5-4-6-10-19/h4-14,17,26H,3,15-16H2,1-2H3,(H,32,33,34). The number of nitrogens with zero attached hydrogens (tertiary/aromatic N) is 3. The molecule has 0 bridgehead atoms. The van der Waals surface area contributed by atoms with Crippen LogP contribution in [-0.2, 0) is 22.7 Å². The van der Waals surface area contributed by atoms with Gasteiger partial charge in [0.25, 0.3) is 0 Å². The van der Waals surface area contributed by atoms with Crippen molar-refractivity contribution in [3.63, 3.8) is 0 Å². The topological polar surface area (TPSA) is 87.5 Å². The largest absolute Gasteiger partial charge is 0.490 e. The van der Waals surface area contributed by atoms with E-state index in [-0.39, 0.29) is 13.2 Å². The van der Waals surface area contributed by atoms with Crippen molar-refractivity contribution in [1.29, 1.82) is 0 Å². The smallest absolute Gasteiger partial charge is 0.338 e. The molecular weight excluding hydrogens is 584 g/mol. The molecule has 8 nitrogen and oxygen atoms in total. The molecule has 1 aliphatic rings. The normalized spacial score (nSPS) is 14.4. The van der Waals surface area contributed by atoms with Crippen LogP contribution in [0.5, 0.6) is 11.5 Å². The van der Waals surface area contributed by atoms with Crippen LogP contribution in [0.25, 0.3) is 0 Å². The first kappa shape index (κ1) is 26.8. The van der Waals surface area contributed by atoms with Gasteiger partial charge < -0.3 is 19.5 Å². The second-order valence-corrected chi connectivity index (χ2v) is 10.1. The number of carbonyl (C=O) groups is 1. The minimum atomic E-state index is -0.611. The monoisotopic (exact) mass is 608 g/mol. The highest BCUT2D eigenvalue weighted by Crippen LogP contribution is 2.43. The van der Waals surface area contributed by atoms with E-state index in [1.807, 2.05) is 80.6 Å². The minimum Gasteiger partial charge on any atom is -0.490 e. The Morgan fingerprint density at radius 2 is 1.85 bits per heavy atom. The number of hydrogen-bond donors (Lipinski definition) is 1. The zero-order valence-corrected chi connectivity index (χ0v) is 23.7. The average Bonchev–Trinajstić information content (AvgIpc) is 3.40. The van der Waals surface area contributed by atoms with Gasteiger partial charge in [-0.25, -0.2) is 9.48 Å². The van der Waals surface area contributed by atoms with Gasteiger partial charge >= 0.3 is 5.97 Å². The Bertz CT molecular complexity index is 1520. The summed E-state index contributed by atoms with van der Waals surface area (Å²) in [6.07, 6.45) is 1.44. The number of hydrogen-bond acceptors (Lipinski definition) is 7. The minimum absolute atomic E-state index is 0.149. The van der Waals surface area contributed by atoms with Gasteiger partial charge in [0, 0.05) is 16.3 Å². The number of carbonyl (C=O) groups excluding carboxylic acids is 1. The van der Waals surface area contributed by atoms with Gasteiger partial charge in [0.1, 0.15) is 25.6 Å². The van der Waals surface area contributed by atoms with E-state index in [4.69, 9.17) is 25.8 Å². The molecule has 200 valence electrons. The molecule has 1 unspecified atom stereocenters. The summed E-state index contributed by atoms with van der Waals surface area (Å²) in [5.41, 5.74) is 3.54. The molecule has 3 aromatic carbocycles. The van der Waals surface area contributed by atoms with Crippen LogP contribution in [0.1, 0.15) is 36.6 Å². The van der Waals surface area contributed by atoms with Crippen LogP contribution in [0.2, 0.25) is 5.02 Å². The van der Waals surface area contributed by atoms with Gasteiger partial charge in [-0.15, -0.1) is 0 Å². The first-order valence-corrected chi connectivity index (χ1v) is 13.5. The summed E-state index contributed by atoms with van der Waals surface area (Å²) in [7, 11) is 0. The molecule has 39 heavy (non-hydrogen) atoms. The summed E-state index contributed by atoms with van der Waals surface area (Å²) in [6.45, 7) is 4.54. The van der Waals surface area contributed by atoms with Gasteiger partial charge in [-0.2, -0.15) is 10.1 Å². The summed E-state index contributed by atoms with van der Waals surface area (Å²) < 4.78 is 20.2. The van der Waals surface area contributed by atoms with Crippen molar-refractivity contribution < 1.29 is 19.0 Å². The van der Waals surface area contributed by atoms with Crippen LogP contribution < -0.4 is 14.8 Å². The number of allylic oxidation sites excluding steroid dienone is 1. The lowest BCUT2D eigenvalue weighted by Crippen LogP contribution is -2.29. The van der Waals surface area contributed by atoms with Crippen LogP contribution in [-0.4, -0.2) is 27.3 Å². The Kier molecular flexibility index (Phi) is 8.18. The Morgan fingerprint density at radius 3 is 2.62 bits per heavy atom. The summed E-state index contributed by atoms with van der Waals surface area (Å²) in [5.74, 6) is 1.11. The van der Waals surface area contributed by atoms with E-state index in [1.165, 1.54) is 6.33 Å². The molecule has 10 heteroatoms. The number of fused-ring (bicyclic) bond motifs is 1.